The molecule has 2 amide bonds. The van der Waals surface area contributed by atoms with Crippen molar-refractivity contribution in [2.45, 2.75) is 25.9 Å². The van der Waals surface area contributed by atoms with E-state index in [4.69, 9.17) is 22.7 Å². The van der Waals surface area contributed by atoms with Gasteiger partial charge in [0, 0.05) is 101 Å². The number of carbonyl (C=O) groups is 2. The maximum absolute atomic E-state index is 12.1. The third kappa shape index (κ3) is 17.6. The fraction of sp³-hybridized carbons (Fsp3) is 0.280. The quantitative estimate of drug-likeness (QED) is 0.0685. The summed E-state index contributed by atoms with van der Waals surface area (Å²) >= 11 is 13.2. The molecule has 2 unspecified atom stereocenters. The molecule has 3 heterocycles. The van der Waals surface area contributed by atoms with Crippen molar-refractivity contribution >= 4 is 111 Å². The fourth-order valence-corrected chi connectivity index (χ4v) is 5.01. The summed E-state index contributed by atoms with van der Waals surface area (Å²) in [6.07, 6.45) is 0. The zero-order valence-corrected chi connectivity index (χ0v) is 34.3. The zero-order valence-electron chi connectivity index (χ0n) is 23.9. The summed E-state index contributed by atoms with van der Waals surface area (Å²) < 4.78 is 0. The molecule has 43 heavy (non-hydrogen) atoms. The van der Waals surface area contributed by atoms with Gasteiger partial charge in [-0.15, -0.1) is 22.7 Å². The number of hydrogen-bond acceptors (Lipinski definition) is 11. The second-order valence-electron chi connectivity index (χ2n) is 7.39. The van der Waals surface area contributed by atoms with Crippen molar-refractivity contribution in [3.8, 4) is 12.1 Å². The molecule has 18 heteroatoms. The predicted molar refractivity (Wildman–Crippen MR) is 195 cm³/mol. The number of amides is 2. The van der Waals surface area contributed by atoms with Crippen LogP contribution in [0.3, 0.4) is 0 Å². The molecular formula is C25H30I2N9O2S4Y-. The molecule has 1 radical (unpaired) electrons. The van der Waals surface area contributed by atoms with Crippen molar-refractivity contribution in [2.24, 2.45) is 4.99 Å². The summed E-state index contributed by atoms with van der Waals surface area (Å²) in [5.41, 5.74) is 0.662. The molecule has 0 aliphatic rings. The summed E-state index contributed by atoms with van der Waals surface area (Å²) in [5, 5.41) is 36.5. The van der Waals surface area contributed by atoms with E-state index in [9.17, 15) is 9.59 Å². The number of thiazole rings is 1. The number of aryl methyl sites for hydroxylation is 1. The van der Waals surface area contributed by atoms with Crippen LogP contribution in [0.1, 0.15) is 44.1 Å². The van der Waals surface area contributed by atoms with E-state index in [1.54, 1.807) is 34.1 Å². The molecule has 0 aliphatic heterocycles. The maximum atomic E-state index is 12.1. The molecule has 0 spiro atoms. The van der Waals surface area contributed by atoms with Crippen LogP contribution < -0.4 is 26.6 Å². The second-order valence-corrected chi connectivity index (χ2v) is 10.8. The number of hydrogen-bond donors (Lipinski definition) is 5. The van der Waals surface area contributed by atoms with Crippen molar-refractivity contribution in [1.29, 1.82) is 10.5 Å². The van der Waals surface area contributed by atoms with Crippen LogP contribution >= 0.6 is 83.5 Å². The predicted octanol–water partition coefficient (Wildman–Crippen LogP) is 5.71. The first-order valence-electron chi connectivity index (χ1n) is 11.6. The Morgan fingerprint density at radius 1 is 1.07 bits per heavy atom. The van der Waals surface area contributed by atoms with Crippen molar-refractivity contribution in [3.63, 3.8) is 0 Å². The van der Waals surface area contributed by atoms with Crippen molar-refractivity contribution < 1.29 is 42.3 Å². The Hall–Kier alpha value is -1.46. The van der Waals surface area contributed by atoms with Gasteiger partial charge in [-0.3, -0.25) is 9.79 Å². The number of thiocarbonyl (C=S) groups is 1. The van der Waals surface area contributed by atoms with E-state index >= 15 is 0 Å². The number of aliphatic imine (C=N–C) groups is 1. The third-order valence-electron chi connectivity index (χ3n) is 4.57. The molecule has 229 valence electrons. The number of rotatable bonds is 6. The first-order chi connectivity index (χ1) is 20.1. The molecule has 11 nitrogen and oxygen atoms in total. The van der Waals surface area contributed by atoms with Gasteiger partial charge in [0.05, 0.1) is 29.6 Å². The minimum Gasteiger partial charge on any atom is -0.365 e. The van der Waals surface area contributed by atoms with Crippen molar-refractivity contribution in [1.82, 2.24) is 26.3 Å². The Kier molecular flexibility index (Phi) is 26.2. The average Bonchev–Trinajstić information content (AvgIpc) is 3.79. The van der Waals surface area contributed by atoms with E-state index in [-0.39, 0.29) is 38.6 Å². The number of nitriles is 2. The SMILES string of the molecule is CN=C(C)NC(=S)NC.CNc1nc(C)c(C(=O)NC(C#N)c2cccs2)s1.II.[CH2-]C(=O)NC(C#N)c1cccs1.[Y]. The number of carbonyl (C=O) groups excluding carboxylic acids is 2. The van der Waals surface area contributed by atoms with Gasteiger partial charge in [0.15, 0.2) is 16.3 Å². The van der Waals surface area contributed by atoms with Crippen LogP contribution in [0.4, 0.5) is 5.13 Å². The van der Waals surface area contributed by atoms with E-state index in [2.05, 4.69) is 86.8 Å². The van der Waals surface area contributed by atoms with Gasteiger partial charge in [-0.1, -0.05) is 23.5 Å². The number of anilines is 1. The van der Waals surface area contributed by atoms with E-state index in [1.807, 2.05) is 42.0 Å². The molecular weight excluding hydrogens is 929 g/mol. The van der Waals surface area contributed by atoms with Crippen LogP contribution in [0.15, 0.2) is 40.0 Å². The van der Waals surface area contributed by atoms with Gasteiger partial charge in [-0.2, -0.15) is 10.5 Å². The molecule has 3 aromatic heterocycles. The topological polar surface area (TPSA) is 167 Å². The molecule has 2 atom stereocenters. The molecule has 0 saturated carbocycles. The number of thiophene rings is 2. The monoisotopic (exact) mass is 959 g/mol. The second kappa shape index (κ2) is 25.8. The summed E-state index contributed by atoms with van der Waals surface area (Å²) in [5.74, 6) is 0.112. The normalized spacial score (nSPS) is 10.8. The van der Waals surface area contributed by atoms with Crippen molar-refractivity contribution in [2.75, 3.05) is 26.5 Å². The number of halogens is 2. The van der Waals surface area contributed by atoms with Gasteiger partial charge in [-0.05, 0) is 49.0 Å². The largest absolute Gasteiger partial charge is 0.365 e. The van der Waals surface area contributed by atoms with Crippen LogP contribution in [0.25, 0.3) is 0 Å². The van der Waals surface area contributed by atoms with Gasteiger partial charge in [0.2, 0.25) is 0 Å². The van der Waals surface area contributed by atoms with E-state index in [1.165, 1.54) is 34.0 Å². The molecule has 3 aromatic rings. The van der Waals surface area contributed by atoms with Crippen LogP contribution in [0, 0.1) is 36.5 Å². The molecule has 0 aliphatic carbocycles. The van der Waals surface area contributed by atoms with E-state index in [0.717, 1.165) is 15.6 Å². The molecule has 5 N–H and O–H groups in total. The third-order valence-corrected chi connectivity index (χ3v) is 7.92. The molecule has 0 saturated heterocycles. The van der Waals surface area contributed by atoms with E-state index in [0.29, 0.717) is 20.8 Å². The first-order valence-corrected chi connectivity index (χ1v) is 20.9. The minimum absolute atomic E-state index is 0. The average molecular weight is 960 g/mol. The standard InChI is InChI=1S/C12H12N4OS2.C8H7N2OS.C5H11N3S.I2.Y/c1-7-10(19-12(14-2)15-7)11(17)16-8(6-13)9-4-3-5-18-9;1-6(11)10-7(5-9)8-3-2-4-12-8;1-4(6-2)8-5(9)7-3;1-2;/h3-5,8H,1-2H3,(H,14,15)(H,16,17);2-4,7H,1H2,(H,10,11);1-3H3,(H2,6,7,8,9);;/q;-1;;;. The van der Waals surface area contributed by atoms with Gasteiger partial charge < -0.3 is 38.3 Å². The van der Waals surface area contributed by atoms with Crippen molar-refractivity contribution in [3.05, 3.63) is 62.3 Å². The Labute approximate surface area is 318 Å². The Balaban J connectivity index is 0. The minimum atomic E-state index is -0.618. The zero-order chi connectivity index (χ0) is 32.1. The summed E-state index contributed by atoms with van der Waals surface area (Å²) in [4.78, 5) is 32.9. The maximum Gasteiger partial charge on any atom is 0.264 e. The smallest absolute Gasteiger partial charge is 0.264 e. The Bertz CT molecular complexity index is 1360. The van der Waals surface area contributed by atoms with Crippen LogP contribution in [0.2, 0.25) is 0 Å². The van der Waals surface area contributed by atoms with E-state index < -0.39 is 18.0 Å². The van der Waals surface area contributed by atoms with Crippen LogP contribution in [0.5, 0.6) is 0 Å². The Morgan fingerprint density at radius 2 is 1.58 bits per heavy atom. The van der Waals surface area contributed by atoms with Gasteiger partial charge in [0.1, 0.15) is 10.9 Å². The number of nitrogens with one attached hydrogen (secondary N) is 5. The number of amidine groups is 1. The van der Waals surface area contributed by atoms with Gasteiger partial charge in [0.25, 0.3) is 5.91 Å². The van der Waals surface area contributed by atoms with Crippen LogP contribution in [-0.4, -0.2) is 48.9 Å². The number of aromatic nitrogens is 1. The molecule has 0 bridgehead atoms. The molecule has 3 rings (SSSR count). The summed E-state index contributed by atoms with van der Waals surface area (Å²) in [6, 6.07) is 10.2. The summed E-state index contributed by atoms with van der Waals surface area (Å²) in [7, 11) is 5.22. The van der Waals surface area contributed by atoms with Gasteiger partial charge in [-0.25, -0.2) is 4.98 Å². The fourth-order valence-electron chi connectivity index (χ4n) is 2.60. The van der Waals surface area contributed by atoms with Crippen LogP contribution in [-0.2, 0) is 37.5 Å². The molecule has 0 aromatic carbocycles. The summed E-state index contributed by atoms with van der Waals surface area (Å²) in [6.45, 7) is 6.77. The molecule has 0 fully saturated rings. The Morgan fingerprint density at radius 3 is 1.93 bits per heavy atom. The van der Waals surface area contributed by atoms with Gasteiger partial charge >= 0.3 is 0 Å². The first kappa shape index (κ1) is 43.7. The number of nitrogens with zero attached hydrogens (tertiary/aromatic N) is 4.